The summed E-state index contributed by atoms with van der Waals surface area (Å²) in [5, 5.41) is 0. The number of imidazole rings is 1. The lowest BCUT2D eigenvalue weighted by molar-refractivity contribution is 0.905. The van der Waals surface area contributed by atoms with Crippen molar-refractivity contribution in [2.45, 2.75) is 39.5 Å². The molecule has 17 heavy (non-hydrogen) atoms. The van der Waals surface area contributed by atoms with Gasteiger partial charge in [0.15, 0.2) is 0 Å². The van der Waals surface area contributed by atoms with E-state index in [2.05, 4.69) is 29.0 Å². The zero-order valence-electron chi connectivity index (χ0n) is 10.5. The summed E-state index contributed by atoms with van der Waals surface area (Å²) in [5.74, 6) is 0.992. The van der Waals surface area contributed by atoms with Crippen LogP contribution in [0.15, 0.2) is 18.3 Å². The van der Waals surface area contributed by atoms with Crippen molar-refractivity contribution >= 4 is 0 Å². The van der Waals surface area contributed by atoms with Crippen molar-refractivity contribution in [1.82, 2.24) is 9.97 Å². The first-order valence-corrected chi connectivity index (χ1v) is 6.45. The SMILES string of the molecule is CCc1ccc(-c2cnc(C)[nH]2)c2c1CCC2. The highest BCUT2D eigenvalue weighted by molar-refractivity contribution is 5.67. The summed E-state index contributed by atoms with van der Waals surface area (Å²) in [5.41, 5.74) is 7.20. The maximum absolute atomic E-state index is 4.31. The van der Waals surface area contributed by atoms with E-state index in [-0.39, 0.29) is 0 Å². The Kier molecular flexibility index (Phi) is 2.50. The molecule has 1 heterocycles. The smallest absolute Gasteiger partial charge is 0.103 e. The zero-order valence-corrected chi connectivity index (χ0v) is 10.5. The summed E-state index contributed by atoms with van der Waals surface area (Å²) in [4.78, 5) is 7.65. The molecule has 0 aliphatic heterocycles. The molecule has 0 saturated heterocycles. The third-order valence-corrected chi connectivity index (χ3v) is 3.76. The number of aromatic nitrogens is 2. The van der Waals surface area contributed by atoms with Gasteiger partial charge in [0.05, 0.1) is 11.9 Å². The van der Waals surface area contributed by atoms with E-state index < -0.39 is 0 Å². The van der Waals surface area contributed by atoms with Gasteiger partial charge < -0.3 is 4.98 Å². The van der Waals surface area contributed by atoms with Crippen molar-refractivity contribution in [2.24, 2.45) is 0 Å². The number of nitrogens with zero attached hydrogens (tertiary/aromatic N) is 1. The number of H-pyrrole nitrogens is 1. The lowest BCUT2D eigenvalue weighted by atomic mass is 9.95. The zero-order chi connectivity index (χ0) is 11.8. The topological polar surface area (TPSA) is 28.7 Å². The Bertz CT molecular complexity index is 552. The van der Waals surface area contributed by atoms with Crippen molar-refractivity contribution in [1.29, 1.82) is 0 Å². The maximum atomic E-state index is 4.31. The molecule has 0 saturated carbocycles. The van der Waals surface area contributed by atoms with Gasteiger partial charge in [-0.3, -0.25) is 0 Å². The van der Waals surface area contributed by atoms with Crippen molar-refractivity contribution in [3.63, 3.8) is 0 Å². The molecule has 0 spiro atoms. The van der Waals surface area contributed by atoms with E-state index in [0.29, 0.717) is 0 Å². The van der Waals surface area contributed by atoms with E-state index in [1.807, 2.05) is 13.1 Å². The van der Waals surface area contributed by atoms with Crippen molar-refractivity contribution < 1.29 is 0 Å². The van der Waals surface area contributed by atoms with Gasteiger partial charge in [0.25, 0.3) is 0 Å². The third-order valence-electron chi connectivity index (χ3n) is 3.76. The van der Waals surface area contributed by atoms with Crippen LogP contribution in [0.2, 0.25) is 0 Å². The Labute approximate surface area is 102 Å². The number of rotatable bonds is 2. The molecule has 1 aromatic heterocycles. The van der Waals surface area contributed by atoms with E-state index in [1.54, 1.807) is 11.1 Å². The minimum Gasteiger partial charge on any atom is -0.342 e. The lowest BCUT2D eigenvalue weighted by Crippen LogP contribution is -1.94. The minimum atomic E-state index is 0.992. The van der Waals surface area contributed by atoms with E-state index >= 15 is 0 Å². The van der Waals surface area contributed by atoms with Crippen LogP contribution in [0.3, 0.4) is 0 Å². The monoisotopic (exact) mass is 226 g/mol. The van der Waals surface area contributed by atoms with Crippen LogP contribution < -0.4 is 0 Å². The van der Waals surface area contributed by atoms with E-state index in [0.717, 1.165) is 12.2 Å². The fourth-order valence-corrected chi connectivity index (χ4v) is 2.92. The van der Waals surface area contributed by atoms with Crippen LogP contribution >= 0.6 is 0 Å². The summed E-state index contributed by atoms with van der Waals surface area (Å²) in [6.45, 7) is 4.25. The molecule has 1 N–H and O–H groups in total. The molecule has 0 unspecified atom stereocenters. The normalized spacial score (nSPS) is 14.0. The molecular weight excluding hydrogens is 208 g/mol. The number of aryl methyl sites for hydroxylation is 2. The summed E-state index contributed by atoms with van der Waals surface area (Å²) < 4.78 is 0. The number of benzene rings is 1. The third kappa shape index (κ3) is 1.68. The van der Waals surface area contributed by atoms with Crippen LogP contribution in [-0.2, 0) is 19.3 Å². The van der Waals surface area contributed by atoms with Gasteiger partial charge >= 0.3 is 0 Å². The van der Waals surface area contributed by atoms with E-state index in [9.17, 15) is 0 Å². The maximum Gasteiger partial charge on any atom is 0.103 e. The number of nitrogens with one attached hydrogen (secondary N) is 1. The molecule has 2 nitrogen and oxygen atoms in total. The highest BCUT2D eigenvalue weighted by Crippen LogP contribution is 2.34. The van der Waals surface area contributed by atoms with Crippen LogP contribution in [0.5, 0.6) is 0 Å². The molecule has 1 aliphatic rings. The number of hydrogen-bond donors (Lipinski definition) is 1. The van der Waals surface area contributed by atoms with E-state index in [4.69, 9.17) is 0 Å². The number of fused-ring (bicyclic) bond motifs is 1. The highest BCUT2D eigenvalue weighted by Gasteiger charge is 2.19. The summed E-state index contributed by atoms with van der Waals surface area (Å²) in [6, 6.07) is 4.55. The predicted molar refractivity (Wildman–Crippen MR) is 70.2 cm³/mol. The van der Waals surface area contributed by atoms with Gasteiger partial charge in [0, 0.05) is 5.56 Å². The van der Waals surface area contributed by atoms with E-state index in [1.165, 1.54) is 36.1 Å². The molecule has 1 aromatic carbocycles. The molecule has 0 amide bonds. The Morgan fingerprint density at radius 1 is 1.24 bits per heavy atom. The molecule has 3 rings (SSSR count). The van der Waals surface area contributed by atoms with Gasteiger partial charge in [-0.2, -0.15) is 0 Å². The molecule has 88 valence electrons. The summed E-state index contributed by atoms with van der Waals surface area (Å²) in [6.07, 6.45) is 6.86. The second-order valence-corrected chi connectivity index (χ2v) is 4.82. The molecule has 0 radical (unpaired) electrons. The van der Waals surface area contributed by atoms with Crippen LogP contribution in [0.4, 0.5) is 0 Å². The molecule has 2 aromatic rings. The molecule has 0 atom stereocenters. The van der Waals surface area contributed by atoms with Crippen LogP contribution in [0, 0.1) is 6.92 Å². The minimum absolute atomic E-state index is 0.992. The van der Waals surface area contributed by atoms with Gasteiger partial charge in [0.1, 0.15) is 5.82 Å². The second-order valence-electron chi connectivity index (χ2n) is 4.82. The average Bonchev–Trinajstić information content (AvgIpc) is 2.96. The number of aromatic amines is 1. The van der Waals surface area contributed by atoms with Crippen molar-refractivity contribution in [3.05, 3.63) is 40.8 Å². The summed E-state index contributed by atoms with van der Waals surface area (Å²) >= 11 is 0. The molecule has 1 aliphatic carbocycles. The predicted octanol–water partition coefficient (Wildman–Crippen LogP) is 3.44. The standard InChI is InChI=1S/C15H18N2/c1-3-11-7-8-14(13-6-4-5-12(11)13)15-9-16-10(2)17-15/h7-9H,3-6H2,1-2H3,(H,16,17). The van der Waals surface area contributed by atoms with Crippen LogP contribution in [-0.4, -0.2) is 9.97 Å². The highest BCUT2D eigenvalue weighted by atomic mass is 14.9. The number of hydrogen-bond acceptors (Lipinski definition) is 1. The lowest BCUT2D eigenvalue weighted by Gasteiger charge is -2.10. The fraction of sp³-hybridized carbons (Fsp3) is 0.400. The van der Waals surface area contributed by atoms with Crippen molar-refractivity contribution in [3.8, 4) is 11.3 Å². The second kappa shape index (κ2) is 4.02. The first kappa shape index (κ1) is 10.6. The van der Waals surface area contributed by atoms with Gasteiger partial charge in [0.2, 0.25) is 0 Å². The Balaban J connectivity index is 2.16. The van der Waals surface area contributed by atoms with Gasteiger partial charge in [-0.15, -0.1) is 0 Å². The Hall–Kier alpha value is -1.57. The molecular formula is C15H18N2. The van der Waals surface area contributed by atoms with Crippen LogP contribution in [0.1, 0.15) is 35.9 Å². The molecule has 0 bridgehead atoms. The first-order valence-electron chi connectivity index (χ1n) is 6.45. The van der Waals surface area contributed by atoms with Gasteiger partial charge in [-0.05, 0) is 49.3 Å². The van der Waals surface area contributed by atoms with Gasteiger partial charge in [-0.25, -0.2) is 4.98 Å². The fourth-order valence-electron chi connectivity index (χ4n) is 2.92. The van der Waals surface area contributed by atoms with Gasteiger partial charge in [-0.1, -0.05) is 19.1 Å². The Morgan fingerprint density at radius 2 is 2.06 bits per heavy atom. The average molecular weight is 226 g/mol. The van der Waals surface area contributed by atoms with Crippen molar-refractivity contribution in [2.75, 3.05) is 0 Å². The molecule has 2 heteroatoms. The van der Waals surface area contributed by atoms with Crippen LogP contribution in [0.25, 0.3) is 11.3 Å². The molecule has 0 fully saturated rings. The quantitative estimate of drug-likeness (QED) is 0.835. The Morgan fingerprint density at radius 3 is 2.76 bits per heavy atom. The largest absolute Gasteiger partial charge is 0.342 e. The summed E-state index contributed by atoms with van der Waals surface area (Å²) in [7, 11) is 0. The first-order chi connectivity index (χ1) is 8.29.